The summed E-state index contributed by atoms with van der Waals surface area (Å²) in [6, 6.07) is 9.91. The molecule has 0 saturated heterocycles. The summed E-state index contributed by atoms with van der Waals surface area (Å²) in [5.41, 5.74) is 6.40. The number of phenolic OH excluding ortho intramolecular Hbond substituents is 1. The molecule has 1 amide bonds. The summed E-state index contributed by atoms with van der Waals surface area (Å²) >= 11 is 0. The van der Waals surface area contributed by atoms with Crippen molar-refractivity contribution >= 4 is 17.3 Å². The summed E-state index contributed by atoms with van der Waals surface area (Å²) in [5.74, 6) is -1.61. The van der Waals surface area contributed by atoms with Crippen LogP contribution >= 0.6 is 0 Å². The normalized spacial score (nSPS) is 10.1. The van der Waals surface area contributed by atoms with Crippen molar-refractivity contribution in [2.24, 2.45) is 0 Å². The average molecular weight is 246 g/mol. The highest BCUT2D eigenvalue weighted by atomic mass is 19.1. The molecule has 0 heterocycles. The number of carbonyl (C=O) groups is 1. The molecule has 4 N–H and O–H groups in total. The van der Waals surface area contributed by atoms with E-state index in [0.29, 0.717) is 11.4 Å². The third kappa shape index (κ3) is 2.57. The van der Waals surface area contributed by atoms with E-state index in [9.17, 15) is 9.18 Å². The number of hydrogen-bond donors (Lipinski definition) is 3. The van der Waals surface area contributed by atoms with E-state index in [-0.39, 0.29) is 11.3 Å². The van der Waals surface area contributed by atoms with Crippen LogP contribution in [0.5, 0.6) is 5.75 Å². The maximum Gasteiger partial charge on any atom is 0.258 e. The smallest absolute Gasteiger partial charge is 0.258 e. The molecule has 2 rings (SSSR count). The summed E-state index contributed by atoms with van der Waals surface area (Å²) in [4.78, 5) is 11.8. The second-order valence-corrected chi connectivity index (χ2v) is 3.74. The molecule has 2 aromatic rings. The van der Waals surface area contributed by atoms with Gasteiger partial charge in [0, 0.05) is 17.4 Å². The average Bonchev–Trinajstić information content (AvgIpc) is 2.28. The van der Waals surface area contributed by atoms with Gasteiger partial charge < -0.3 is 16.2 Å². The molecule has 0 atom stereocenters. The zero-order valence-electron chi connectivity index (χ0n) is 9.35. The summed E-state index contributed by atoms with van der Waals surface area (Å²) in [6.07, 6.45) is 0. The predicted octanol–water partition coefficient (Wildman–Crippen LogP) is 2.37. The minimum atomic E-state index is -0.781. The Hall–Kier alpha value is -2.56. The zero-order valence-corrected chi connectivity index (χ0v) is 9.35. The molecule has 0 aromatic heterocycles. The lowest BCUT2D eigenvalue weighted by Crippen LogP contribution is -2.13. The molecule has 0 aliphatic rings. The molecule has 0 saturated carbocycles. The van der Waals surface area contributed by atoms with Gasteiger partial charge in [-0.25, -0.2) is 4.39 Å². The van der Waals surface area contributed by atoms with Crippen LogP contribution < -0.4 is 11.1 Å². The fourth-order valence-electron chi connectivity index (χ4n) is 1.50. The Morgan fingerprint density at radius 1 is 1.22 bits per heavy atom. The van der Waals surface area contributed by atoms with Gasteiger partial charge in [-0.1, -0.05) is 6.07 Å². The number of halogens is 1. The first-order chi connectivity index (χ1) is 8.56. The Kier molecular flexibility index (Phi) is 3.14. The molecule has 4 nitrogen and oxygen atoms in total. The quantitative estimate of drug-likeness (QED) is 0.712. The number of rotatable bonds is 2. The Bertz CT molecular complexity index is 599. The summed E-state index contributed by atoms with van der Waals surface area (Å²) in [7, 11) is 0. The lowest BCUT2D eigenvalue weighted by molar-refractivity contribution is 0.102. The molecule has 0 bridgehead atoms. The molecule has 0 radical (unpaired) electrons. The third-order valence-electron chi connectivity index (χ3n) is 2.34. The van der Waals surface area contributed by atoms with Gasteiger partial charge >= 0.3 is 0 Å². The minimum Gasteiger partial charge on any atom is -0.508 e. The number of phenols is 1. The van der Waals surface area contributed by atoms with Crippen molar-refractivity contribution in [2.45, 2.75) is 0 Å². The van der Waals surface area contributed by atoms with Crippen molar-refractivity contribution in [1.82, 2.24) is 0 Å². The first-order valence-corrected chi connectivity index (χ1v) is 5.21. The van der Waals surface area contributed by atoms with E-state index in [2.05, 4.69) is 5.32 Å². The SMILES string of the molecule is Nc1cccc(NC(=O)c2ccc(O)cc2F)c1. The second-order valence-electron chi connectivity index (χ2n) is 3.74. The van der Waals surface area contributed by atoms with Crippen molar-refractivity contribution < 1.29 is 14.3 Å². The van der Waals surface area contributed by atoms with Crippen molar-refractivity contribution in [3.63, 3.8) is 0 Å². The van der Waals surface area contributed by atoms with Gasteiger partial charge in [-0.2, -0.15) is 0 Å². The van der Waals surface area contributed by atoms with Crippen LogP contribution in [-0.2, 0) is 0 Å². The lowest BCUT2D eigenvalue weighted by atomic mass is 10.2. The molecular formula is C13H11FN2O2. The monoisotopic (exact) mass is 246 g/mol. The van der Waals surface area contributed by atoms with Gasteiger partial charge in [0.25, 0.3) is 5.91 Å². The van der Waals surface area contributed by atoms with Gasteiger partial charge in [-0.15, -0.1) is 0 Å². The zero-order chi connectivity index (χ0) is 13.1. The maximum atomic E-state index is 13.4. The molecule has 0 spiro atoms. The van der Waals surface area contributed by atoms with Gasteiger partial charge in [-0.3, -0.25) is 4.79 Å². The maximum absolute atomic E-state index is 13.4. The third-order valence-corrected chi connectivity index (χ3v) is 2.34. The van der Waals surface area contributed by atoms with Crippen molar-refractivity contribution in [3.8, 4) is 5.75 Å². The van der Waals surface area contributed by atoms with E-state index in [1.54, 1.807) is 24.3 Å². The highest BCUT2D eigenvalue weighted by Gasteiger charge is 2.12. The number of amides is 1. The molecule has 2 aromatic carbocycles. The number of nitrogens with two attached hydrogens (primary N) is 1. The first kappa shape index (κ1) is 11.9. The number of nitrogen functional groups attached to an aromatic ring is 1. The first-order valence-electron chi connectivity index (χ1n) is 5.21. The van der Waals surface area contributed by atoms with Gasteiger partial charge in [0.2, 0.25) is 0 Å². The van der Waals surface area contributed by atoms with Crippen LogP contribution in [-0.4, -0.2) is 11.0 Å². The number of anilines is 2. The number of carbonyl (C=O) groups excluding carboxylic acids is 1. The van der Waals surface area contributed by atoms with Crippen LogP contribution in [0.2, 0.25) is 0 Å². The number of benzene rings is 2. The molecule has 18 heavy (non-hydrogen) atoms. The van der Waals surface area contributed by atoms with Crippen LogP contribution in [0.25, 0.3) is 0 Å². The number of aromatic hydroxyl groups is 1. The van der Waals surface area contributed by atoms with E-state index >= 15 is 0 Å². The van der Waals surface area contributed by atoms with E-state index in [1.165, 1.54) is 12.1 Å². The van der Waals surface area contributed by atoms with Crippen LogP contribution in [0.15, 0.2) is 42.5 Å². The van der Waals surface area contributed by atoms with Gasteiger partial charge in [0.15, 0.2) is 0 Å². The lowest BCUT2D eigenvalue weighted by Gasteiger charge is -2.06. The summed E-state index contributed by atoms with van der Waals surface area (Å²) < 4.78 is 13.4. The van der Waals surface area contributed by atoms with Gasteiger partial charge in [0.05, 0.1) is 5.56 Å². The fraction of sp³-hybridized carbons (Fsp3) is 0. The summed E-state index contributed by atoms with van der Waals surface area (Å²) in [6.45, 7) is 0. The highest BCUT2D eigenvalue weighted by Crippen LogP contribution is 2.17. The van der Waals surface area contributed by atoms with E-state index in [4.69, 9.17) is 10.8 Å². The van der Waals surface area contributed by atoms with Crippen molar-refractivity contribution in [1.29, 1.82) is 0 Å². The molecule has 0 aliphatic heterocycles. The fourth-order valence-corrected chi connectivity index (χ4v) is 1.50. The second kappa shape index (κ2) is 4.75. The van der Waals surface area contributed by atoms with Crippen LogP contribution in [0.4, 0.5) is 15.8 Å². The van der Waals surface area contributed by atoms with E-state index in [1.807, 2.05) is 0 Å². The van der Waals surface area contributed by atoms with Crippen molar-refractivity contribution in [2.75, 3.05) is 11.1 Å². The molecule has 0 aliphatic carbocycles. The number of nitrogens with one attached hydrogen (secondary N) is 1. The van der Waals surface area contributed by atoms with Crippen LogP contribution in [0, 0.1) is 5.82 Å². The Morgan fingerprint density at radius 2 is 2.00 bits per heavy atom. The predicted molar refractivity (Wildman–Crippen MR) is 66.9 cm³/mol. The van der Waals surface area contributed by atoms with E-state index in [0.717, 1.165) is 6.07 Å². The molecule has 92 valence electrons. The van der Waals surface area contributed by atoms with Crippen molar-refractivity contribution in [3.05, 3.63) is 53.8 Å². The largest absolute Gasteiger partial charge is 0.508 e. The number of hydrogen-bond acceptors (Lipinski definition) is 3. The van der Waals surface area contributed by atoms with Crippen LogP contribution in [0.3, 0.4) is 0 Å². The van der Waals surface area contributed by atoms with Gasteiger partial charge in [-0.05, 0) is 30.3 Å². The molecule has 0 unspecified atom stereocenters. The standard InChI is InChI=1S/C13H11FN2O2/c14-12-7-10(17)4-5-11(12)13(18)16-9-3-1-2-8(15)6-9/h1-7,17H,15H2,(H,16,18). The molecular weight excluding hydrogens is 235 g/mol. The van der Waals surface area contributed by atoms with Gasteiger partial charge in [0.1, 0.15) is 11.6 Å². The Balaban J connectivity index is 2.22. The minimum absolute atomic E-state index is 0.143. The Morgan fingerprint density at radius 3 is 2.67 bits per heavy atom. The summed E-state index contributed by atoms with van der Waals surface area (Å²) in [5, 5.41) is 11.6. The highest BCUT2D eigenvalue weighted by molar-refractivity contribution is 6.04. The van der Waals surface area contributed by atoms with Crippen LogP contribution in [0.1, 0.15) is 10.4 Å². The van der Waals surface area contributed by atoms with E-state index < -0.39 is 11.7 Å². The Labute approximate surface area is 103 Å². The topological polar surface area (TPSA) is 75.3 Å². The molecule has 5 heteroatoms. The molecule has 0 fully saturated rings.